The summed E-state index contributed by atoms with van der Waals surface area (Å²) in [6.45, 7) is 5.62. The van der Waals surface area contributed by atoms with Crippen LogP contribution in [-0.2, 0) is 14.6 Å². The number of benzene rings is 1. The number of fused-ring (bicyclic) bond motifs is 4. The molecule has 0 amide bonds. The summed E-state index contributed by atoms with van der Waals surface area (Å²) in [6.07, 6.45) is 4.62. The van der Waals surface area contributed by atoms with Gasteiger partial charge in [0.2, 0.25) is 0 Å². The first-order chi connectivity index (χ1) is 13.4. The molecule has 5 N–H and O–H groups in total. The first-order valence-electron chi connectivity index (χ1n) is 9.34. The quantitative estimate of drug-likeness (QED) is 0.525. The summed E-state index contributed by atoms with van der Waals surface area (Å²) in [4.78, 5) is 6.61. The molecule has 3 saturated heterocycles. The molecule has 3 aliphatic heterocycles. The van der Waals surface area contributed by atoms with E-state index in [1.165, 1.54) is 0 Å². The molecule has 1 unspecified atom stereocenters. The fraction of sp³-hybridized carbons (Fsp3) is 0.450. The Morgan fingerprint density at radius 3 is 2.70 bits per heavy atom. The second-order valence-corrected chi connectivity index (χ2v) is 8.52. The molecule has 0 saturated carbocycles. The maximum atomic E-state index is 11.7. The maximum Gasteiger partial charge on any atom is 0.398 e. The number of piperidine rings is 3. The number of rotatable bonds is 6. The van der Waals surface area contributed by atoms with E-state index in [2.05, 4.69) is 16.5 Å². The monoisotopic (exact) mass is 440 g/mol. The van der Waals surface area contributed by atoms with Crippen molar-refractivity contribution in [3.05, 3.63) is 48.7 Å². The largest absolute Gasteiger partial charge is 0.497 e. The Hall–Kier alpha value is -2.08. The number of aromatic nitrogens is 1. The number of ether oxygens (including phenoxy) is 1. The van der Waals surface area contributed by atoms with E-state index >= 15 is 0 Å². The van der Waals surface area contributed by atoms with Crippen molar-refractivity contribution in [3.8, 4) is 5.75 Å². The van der Waals surface area contributed by atoms with Gasteiger partial charge in [-0.05, 0) is 61.1 Å². The summed E-state index contributed by atoms with van der Waals surface area (Å²) in [5.74, 6) is 1.47. The van der Waals surface area contributed by atoms with E-state index in [9.17, 15) is 13.0 Å². The summed E-state index contributed by atoms with van der Waals surface area (Å²) in [6, 6.07) is 7.04. The number of methoxy groups -OCH3 is 1. The summed E-state index contributed by atoms with van der Waals surface area (Å²) in [5.41, 5.74) is 1.39. The van der Waals surface area contributed by atoms with Crippen LogP contribution in [0.15, 0.2) is 43.1 Å². The van der Waals surface area contributed by atoms with Gasteiger partial charge in [-0.15, -0.1) is 6.58 Å². The predicted octanol–water partition coefficient (Wildman–Crippen LogP) is 1.35. The van der Waals surface area contributed by atoms with E-state index in [4.69, 9.17) is 8.92 Å². The molecule has 0 aliphatic carbocycles. The summed E-state index contributed by atoms with van der Waals surface area (Å²) >= 11 is 0. The average molecular weight is 441 g/mol. The zero-order valence-electron chi connectivity index (χ0n) is 16.7. The van der Waals surface area contributed by atoms with E-state index in [-0.39, 0.29) is 17.0 Å². The lowest BCUT2D eigenvalue weighted by atomic mass is 9.73. The summed E-state index contributed by atoms with van der Waals surface area (Å²) < 4.78 is 43.5. The van der Waals surface area contributed by atoms with Crippen molar-refractivity contribution < 1.29 is 32.8 Å². The molecule has 3 aliphatic rings. The van der Waals surface area contributed by atoms with Gasteiger partial charge in [-0.2, -0.15) is 8.42 Å². The normalized spacial score (nSPS) is 26.3. The smallest absolute Gasteiger partial charge is 0.398 e. The standard InChI is InChI=1S/C20H24N2O5S.2H2O/c1-3-13-12-22-9-7-14(13)10-19(22)20(27-28(23,24)25)16-6-8-21-18-5-4-15(26-2)11-17(16)18;;/h3-6,8,11,13-14,19-20H,1,7,9-10,12H2,2H3,(H,23,24,25);2*1H2/t13-,14-,19-,20+;;/m0../s1. The molecule has 3 fully saturated rings. The third-order valence-electron chi connectivity index (χ3n) is 6.02. The van der Waals surface area contributed by atoms with Crippen LogP contribution < -0.4 is 4.74 Å². The van der Waals surface area contributed by atoms with Crippen LogP contribution in [-0.4, -0.2) is 60.0 Å². The first kappa shape index (κ1) is 24.2. The number of nitrogens with zero attached hydrogens (tertiary/aromatic N) is 2. The van der Waals surface area contributed by atoms with Gasteiger partial charge in [0.05, 0.1) is 12.6 Å². The van der Waals surface area contributed by atoms with Gasteiger partial charge in [0.15, 0.2) is 0 Å². The fourth-order valence-corrected chi connectivity index (χ4v) is 5.16. The van der Waals surface area contributed by atoms with E-state index in [1.54, 1.807) is 25.4 Å². The van der Waals surface area contributed by atoms with Crippen molar-refractivity contribution in [3.63, 3.8) is 0 Å². The molecular formula is C20H28N2O7S. The minimum Gasteiger partial charge on any atom is -0.497 e. The van der Waals surface area contributed by atoms with Crippen LogP contribution in [0.25, 0.3) is 10.9 Å². The van der Waals surface area contributed by atoms with Crippen LogP contribution in [0.2, 0.25) is 0 Å². The molecule has 4 heterocycles. The Balaban J connectivity index is 0.00000160. The molecule has 9 nitrogen and oxygen atoms in total. The first-order valence-corrected chi connectivity index (χ1v) is 10.7. The molecule has 2 aromatic rings. The summed E-state index contributed by atoms with van der Waals surface area (Å²) in [5, 5.41) is 0.749. The van der Waals surface area contributed by atoms with Gasteiger partial charge in [0.1, 0.15) is 11.9 Å². The van der Waals surface area contributed by atoms with E-state index in [1.807, 2.05) is 18.2 Å². The van der Waals surface area contributed by atoms with Gasteiger partial charge >= 0.3 is 10.4 Å². The minimum absolute atomic E-state index is 0. The molecule has 0 spiro atoms. The Morgan fingerprint density at radius 2 is 2.10 bits per heavy atom. The van der Waals surface area contributed by atoms with Gasteiger partial charge in [0, 0.05) is 24.2 Å². The van der Waals surface area contributed by atoms with Crippen LogP contribution in [0.1, 0.15) is 24.5 Å². The van der Waals surface area contributed by atoms with Crippen molar-refractivity contribution in [2.75, 3.05) is 20.2 Å². The predicted molar refractivity (Wildman–Crippen MR) is 113 cm³/mol. The van der Waals surface area contributed by atoms with E-state index < -0.39 is 16.5 Å². The van der Waals surface area contributed by atoms with Crippen LogP contribution in [0.3, 0.4) is 0 Å². The van der Waals surface area contributed by atoms with E-state index in [0.29, 0.717) is 28.7 Å². The second-order valence-electron chi connectivity index (χ2n) is 7.47. The third-order valence-corrected chi connectivity index (χ3v) is 6.47. The SMILES string of the molecule is C=C[C@H]1CN2CC[C@H]1C[C@H]2[C@H](OS(=O)(=O)O)c1ccnc2ccc(OC)cc12.O.O. The van der Waals surface area contributed by atoms with Gasteiger partial charge in [-0.3, -0.25) is 14.4 Å². The highest BCUT2D eigenvalue weighted by molar-refractivity contribution is 7.80. The lowest BCUT2D eigenvalue weighted by molar-refractivity contribution is -0.0365. The van der Waals surface area contributed by atoms with Gasteiger partial charge in [0.25, 0.3) is 0 Å². The minimum atomic E-state index is -4.64. The molecule has 10 heteroatoms. The molecule has 1 aromatic heterocycles. The number of hydrogen-bond acceptors (Lipinski definition) is 6. The van der Waals surface area contributed by atoms with Crippen molar-refractivity contribution in [2.24, 2.45) is 11.8 Å². The number of hydrogen-bond donors (Lipinski definition) is 1. The number of pyridine rings is 1. The zero-order chi connectivity index (χ0) is 19.9. The summed E-state index contributed by atoms with van der Waals surface area (Å²) in [7, 11) is -3.07. The average Bonchev–Trinajstić information content (AvgIpc) is 2.70. The Morgan fingerprint density at radius 1 is 1.33 bits per heavy atom. The topological polar surface area (TPSA) is 152 Å². The molecule has 166 valence electrons. The highest BCUT2D eigenvalue weighted by Gasteiger charge is 2.44. The van der Waals surface area contributed by atoms with Gasteiger partial charge < -0.3 is 15.7 Å². The Labute approximate surface area is 175 Å². The molecule has 1 aromatic carbocycles. The molecular weight excluding hydrogens is 412 g/mol. The second kappa shape index (κ2) is 9.38. The molecule has 0 radical (unpaired) electrons. The van der Waals surface area contributed by atoms with Crippen molar-refractivity contribution in [2.45, 2.75) is 25.0 Å². The fourth-order valence-electron chi connectivity index (χ4n) is 4.67. The maximum absolute atomic E-state index is 11.7. The molecule has 2 bridgehead atoms. The molecule has 5 rings (SSSR count). The van der Waals surface area contributed by atoms with Gasteiger partial charge in [-0.25, -0.2) is 4.18 Å². The zero-order valence-corrected chi connectivity index (χ0v) is 17.5. The van der Waals surface area contributed by atoms with Crippen LogP contribution >= 0.6 is 0 Å². The van der Waals surface area contributed by atoms with Crippen molar-refractivity contribution in [1.29, 1.82) is 0 Å². The molecule has 5 atom stereocenters. The van der Waals surface area contributed by atoms with Crippen molar-refractivity contribution in [1.82, 2.24) is 9.88 Å². The molecule has 30 heavy (non-hydrogen) atoms. The Bertz CT molecular complexity index is 998. The highest BCUT2D eigenvalue weighted by Crippen LogP contribution is 2.44. The van der Waals surface area contributed by atoms with Crippen molar-refractivity contribution >= 4 is 21.3 Å². The van der Waals surface area contributed by atoms with Crippen LogP contribution in [0, 0.1) is 11.8 Å². The highest BCUT2D eigenvalue weighted by atomic mass is 32.3. The lowest BCUT2D eigenvalue weighted by Gasteiger charge is -2.51. The lowest BCUT2D eigenvalue weighted by Crippen LogP contribution is -2.55. The van der Waals surface area contributed by atoms with Crippen LogP contribution in [0.4, 0.5) is 0 Å². The van der Waals surface area contributed by atoms with Crippen LogP contribution in [0.5, 0.6) is 5.75 Å². The third kappa shape index (κ3) is 4.64. The Kier molecular flexibility index (Phi) is 7.56. The van der Waals surface area contributed by atoms with E-state index in [0.717, 1.165) is 31.3 Å². The van der Waals surface area contributed by atoms with Gasteiger partial charge in [-0.1, -0.05) is 6.08 Å².